The van der Waals surface area contributed by atoms with Crippen LogP contribution in [0.1, 0.15) is 19.8 Å². The third-order valence-electron chi connectivity index (χ3n) is 4.10. The Labute approximate surface area is 191 Å². The van der Waals surface area contributed by atoms with Crippen LogP contribution in [0.2, 0.25) is 0 Å². The lowest BCUT2D eigenvalue weighted by molar-refractivity contribution is 0.0487. The van der Waals surface area contributed by atoms with Crippen LogP contribution in [0, 0.1) is 0 Å². The van der Waals surface area contributed by atoms with Crippen LogP contribution in [0.3, 0.4) is 0 Å². The molecule has 162 valence electrons. The van der Waals surface area contributed by atoms with E-state index in [1.165, 1.54) is 0 Å². The summed E-state index contributed by atoms with van der Waals surface area (Å²) in [4.78, 5) is 8.81. The molecule has 0 amide bonds. The fourth-order valence-corrected chi connectivity index (χ4v) is 2.57. The number of hydrogen-bond acceptors (Lipinski definition) is 5. The zero-order valence-corrected chi connectivity index (χ0v) is 19.8. The van der Waals surface area contributed by atoms with Crippen LogP contribution in [-0.4, -0.2) is 64.1 Å². The van der Waals surface area contributed by atoms with Crippen molar-refractivity contribution in [1.82, 2.24) is 15.6 Å². The summed E-state index contributed by atoms with van der Waals surface area (Å²) < 4.78 is 11.0. The number of unbranched alkanes of at least 4 members (excludes halogenated alkanes) is 1. The Morgan fingerprint density at radius 3 is 2.48 bits per heavy atom. The van der Waals surface area contributed by atoms with Crippen LogP contribution in [0.5, 0.6) is 0 Å². The normalized spacial score (nSPS) is 11.2. The summed E-state index contributed by atoms with van der Waals surface area (Å²) >= 11 is 0. The van der Waals surface area contributed by atoms with Gasteiger partial charge in [-0.25, -0.2) is 4.98 Å². The Balaban J connectivity index is 0.00000420. The second-order valence-corrected chi connectivity index (χ2v) is 6.32. The molecule has 0 aliphatic heterocycles. The summed E-state index contributed by atoms with van der Waals surface area (Å²) in [6.45, 7) is 7.06. The molecule has 0 aliphatic rings. The lowest BCUT2D eigenvalue weighted by Crippen LogP contribution is -2.41. The first-order valence-electron chi connectivity index (χ1n) is 10.0. The van der Waals surface area contributed by atoms with E-state index in [-0.39, 0.29) is 24.0 Å². The minimum absolute atomic E-state index is 0. The highest BCUT2D eigenvalue weighted by Gasteiger charge is 1.99. The Kier molecular flexibility index (Phi) is 14.2. The molecule has 0 unspecified atom stereocenters. The van der Waals surface area contributed by atoms with E-state index in [1.807, 2.05) is 24.3 Å². The predicted molar refractivity (Wildman–Crippen MR) is 132 cm³/mol. The quantitative estimate of drug-likeness (QED) is 0.165. The van der Waals surface area contributed by atoms with Crippen molar-refractivity contribution >= 4 is 46.7 Å². The first-order valence-corrected chi connectivity index (χ1v) is 10.0. The van der Waals surface area contributed by atoms with Crippen LogP contribution >= 0.6 is 24.0 Å². The highest BCUT2D eigenvalue weighted by molar-refractivity contribution is 14.0. The molecule has 3 N–H and O–H groups in total. The summed E-state index contributed by atoms with van der Waals surface area (Å²) in [5.74, 6) is 1.63. The van der Waals surface area contributed by atoms with Crippen molar-refractivity contribution in [2.24, 2.45) is 4.99 Å². The molecule has 1 aromatic carbocycles. The fourth-order valence-electron chi connectivity index (χ4n) is 2.57. The number of halogens is 1. The highest BCUT2D eigenvalue weighted by Crippen LogP contribution is 2.13. The molecule has 0 aliphatic carbocycles. The van der Waals surface area contributed by atoms with Crippen molar-refractivity contribution in [3.63, 3.8) is 0 Å². The molecule has 0 fully saturated rings. The van der Waals surface area contributed by atoms with Gasteiger partial charge in [-0.3, -0.25) is 4.99 Å². The maximum absolute atomic E-state index is 5.54. The molecule has 2 rings (SSSR count). The van der Waals surface area contributed by atoms with Crippen molar-refractivity contribution in [2.75, 3.05) is 58.4 Å². The second kappa shape index (κ2) is 16.2. The number of hydrogen-bond donors (Lipinski definition) is 3. The van der Waals surface area contributed by atoms with Gasteiger partial charge in [-0.15, -0.1) is 24.0 Å². The van der Waals surface area contributed by atoms with Gasteiger partial charge in [0.1, 0.15) is 5.82 Å². The van der Waals surface area contributed by atoms with Gasteiger partial charge in [-0.1, -0.05) is 31.5 Å². The lowest BCUT2D eigenvalue weighted by Gasteiger charge is -2.13. The van der Waals surface area contributed by atoms with Crippen molar-refractivity contribution < 1.29 is 9.47 Å². The number of benzene rings is 1. The average molecular weight is 515 g/mol. The van der Waals surface area contributed by atoms with E-state index in [0.29, 0.717) is 26.4 Å². The smallest absolute Gasteiger partial charge is 0.191 e. The Morgan fingerprint density at radius 2 is 1.69 bits per heavy atom. The molecular weight excluding hydrogens is 481 g/mol. The van der Waals surface area contributed by atoms with Gasteiger partial charge in [-0.2, -0.15) is 0 Å². The number of para-hydroxylation sites is 1. The zero-order valence-electron chi connectivity index (χ0n) is 17.4. The van der Waals surface area contributed by atoms with Gasteiger partial charge in [0.25, 0.3) is 0 Å². The fraction of sp³-hybridized carbons (Fsp3) is 0.524. The highest BCUT2D eigenvalue weighted by atomic mass is 127. The average Bonchev–Trinajstić information content (AvgIpc) is 2.74. The number of nitrogens with zero attached hydrogens (tertiary/aromatic N) is 2. The van der Waals surface area contributed by atoms with Crippen molar-refractivity contribution in [1.29, 1.82) is 0 Å². The van der Waals surface area contributed by atoms with Crippen molar-refractivity contribution in [3.05, 3.63) is 36.4 Å². The van der Waals surface area contributed by atoms with E-state index in [2.05, 4.69) is 45.0 Å². The monoisotopic (exact) mass is 515 g/mol. The molecule has 0 saturated heterocycles. The number of ether oxygens (including phenoxy) is 2. The molecule has 0 bridgehead atoms. The van der Waals surface area contributed by atoms with Crippen LogP contribution in [-0.2, 0) is 9.47 Å². The first-order chi connectivity index (χ1) is 13.8. The van der Waals surface area contributed by atoms with E-state index in [4.69, 9.17) is 9.47 Å². The van der Waals surface area contributed by atoms with Crippen LogP contribution in [0.15, 0.2) is 41.4 Å². The van der Waals surface area contributed by atoms with Crippen molar-refractivity contribution in [3.8, 4) is 0 Å². The van der Waals surface area contributed by atoms with Gasteiger partial charge in [0.15, 0.2) is 5.96 Å². The van der Waals surface area contributed by atoms with Crippen molar-refractivity contribution in [2.45, 2.75) is 19.8 Å². The number of aliphatic imine (C=N–C) groups is 1. The Hall–Kier alpha value is -1.65. The molecule has 0 atom stereocenters. The molecule has 7 nitrogen and oxygen atoms in total. The van der Waals surface area contributed by atoms with E-state index in [0.717, 1.165) is 55.2 Å². The largest absolute Gasteiger partial charge is 0.379 e. The molecule has 29 heavy (non-hydrogen) atoms. The van der Waals surface area contributed by atoms with Gasteiger partial charge >= 0.3 is 0 Å². The van der Waals surface area contributed by atoms with Gasteiger partial charge in [0, 0.05) is 38.7 Å². The summed E-state index contributed by atoms with van der Waals surface area (Å²) in [6.07, 6.45) is 2.26. The lowest BCUT2D eigenvalue weighted by atomic mass is 10.2. The summed E-state index contributed by atoms with van der Waals surface area (Å²) in [5.41, 5.74) is 0.994. The number of rotatable bonds is 13. The maximum Gasteiger partial charge on any atom is 0.191 e. The van der Waals surface area contributed by atoms with Gasteiger partial charge in [0.2, 0.25) is 0 Å². The molecule has 1 aromatic heterocycles. The van der Waals surface area contributed by atoms with E-state index < -0.39 is 0 Å². The number of nitrogens with one attached hydrogen (secondary N) is 3. The first kappa shape index (κ1) is 25.4. The van der Waals surface area contributed by atoms with Crippen LogP contribution in [0.4, 0.5) is 5.82 Å². The summed E-state index contributed by atoms with van der Waals surface area (Å²) in [5, 5.41) is 11.0. The molecule has 0 spiro atoms. The Morgan fingerprint density at radius 1 is 0.931 bits per heavy atom. The minimum atomic E-state index is 0. The number of guanidine groups is 1. The van der Waals surface area contributed by atoms with Gasteiger partial charge in [0.05, 0.1) is 25.3 Å². The molecule has 2 aromatic rings. The maximum atomic E-state index is 5.54. The minimum Gasteiger partial charge on any atom is -0.379 e. The summed E-state index contributed by atoms with van der Waals surface area (Å²) in [6, 6.07) is 12.2. The van der Waals surface area contributed by atoms with Crippen LogP contribution < -0.4 is 16.0 Å². The molecule has 0 radical (unpaired) electrons. The zero-order chi connectivity index (χ0) is 19.9. The predicted octanol–water partition coefficient (Wildman–Crippen LogP) is 3.26. The van der Waals surface area contributed by atoms with E-state index in [1.54, 1.807) is 7.05 Å². The van der Waals surface area contributed by atoms with E-state index in [9.17, 15) is 0 Å². The number of aromatic nitrogens is 1. The molecule has 1 heterocycles. The number of pyridine rings is 1. The molecule has 8 heteroatoms. The van der Waals surface area contributed by atoms with Gasteiger partial charge < -0.3 is 25.4 Å². The topological polar surface area (TPSA) is 79.8 Å². The molecular formula is C21H34IN5O2. The standard InChI is InChI=1S/C21H33N5O2.HI/c1-3-4-14-27-16-17-28-15-13-25-21(22-2)24-12-11-23-20-10-9-18-7-5-6-8-19(18)26-20;/h5-10H,3-4,11-17H2,1-2H3,(H,23,26)(H2,22,24,25);1H. The second-order valence-electron chi connectivity index (χ2n) is 6.32. The SMILES string of the molecule is CCCCOCCOCCNC(=NC)NCCNc1ccc2ccccc2n1.I. The third-order valence-corrected chi connectivity index (χ3v) is 4.10. The summed E-state index contributed by atoms with van der Waals surface area (Å²) in [7, 11) is 1.76. The van der Waals surface area contributed by atoms with E-state index >= 15 is 0 Å². The van der Waals surface area contributed by atoms with Gasteiger partial charge in [-0.05, 0) is 24.6 Å². The number of anilines is 1. The number of fused-ring (bicyclic) bond motifs is 1. The molecule has 0 saturated carbocycles. The third kappa shape index (κ3) is 10.6. The Bertz CT molecular complexity index is 714. The van der Waals surface area contributed by atoms with Crippen LogP contribution in [0.25, 0.3) is 10.9 Å².